The van der Waals surface area contributed by atoms with Crippen molar-refractivity contribution >= 4 is 17.1 Å². The molecule has 0 radical (unpaired) electrons. The van der Waals surface area contributed by atoms with E-state index in [0.717, 1.165) is 13.1 Å². The number of amides is 1. The minimum absolute atomic E-state index is 0.0616. The summed E-state index contributed by atoms with van der Waals surface area (Å²) in [5.74, 6) is 0.653. The summed E-state index contributed by atoms with van der Waals surface area (Å²) in [6, 6.07) is 9.31. The van der Waals surface area contributed by atoms with Crippen LogP contribution in [0.4, 0.5) is 4.79 Å². The summed E-state index contributed by atoms with van der Waals surface area (Å²) in [5, 5.41) is 10.4. The maximum absolute atomic E-state index is 12.8. The summed E-state index contributed by atoms with van der Waals surface area (Å²) >= 11 is 0. The zero-order valence-electron chi connectivity index (χ0n) is 18.1. The summed E-state index contributed by atoms with van der Waals surface area (Å²) in [4.78, 5) is 29.0. The smallest absolute Gasteiger partial charge is 0.415 e. The van der Waals surface area contributed by atoms with Gasteiger partial charge in [-0.15, -0.1) is 0 Å². The second-order valence-corrected chi connectivity index (χ2v) is 7.49. The molecule has 0 saturated carbocycles. The topological polar surface area (TPSA) is 102 Å². The molecule has 1 amide bonds. The van der Waals surface area contributed by atoms with Gasteiger partial charge >= 0.3 is 6.09 Å². The van der Waals surface area contributed by atoms with Crippen molar-refractivity contribution in [3.8, 4) is 34.3 Å². The number of piperazine rings is 1. The number of ether oxygens (including phenoxy) is 3. The van der Waals surface area contributed by atoms with Gasteiger partial charge in [0.15, 0.2) is 16.9 Å². The molecule has 9 heteroatoms. The van der Waals surface area contributed by atoms with Crippen LogP contribution in [0.2, 0.25) is 0 Å². The minimum Gasteiger partial charge on any atom is -0.504 e. The first-order chi connectivity index (χ1) is 15.4. The number of phenols is 1. The van der Waals surface area contributed by atoms with Gasteiger partial charge in [-0.2, -0.15) is 0 Å². The molecule has 32 heavy (non-hydrogen) atoms. The number of nitrogens with zero attached hydrogens (tertiary/aromatic N) is 2. The Morgan fingerprint density at radius 1 is 1.00 bits per heavy atom. The predicted molar refractivity (Wildman–Crippen MR) is 118 cm³/mol. The molecule has 3 aromatic rings. The number of methoxy groups -OCH3 is 2. The van der Waals surface area contributed by atoms with E-state index in [4.69, 9.17) is 18.6 Å². The number of rotatable bonds is 4. The quantitative estimate of drug-likeness (QED) is 0.661. The zero-order chi connectivity index (χ0) is 22.8. The van der Waals surface area contributed by atoms with Crippen molar-refractivity contribution in [3.05, 3.63) is 46.6 Å². The molecule has 9 nitrogen and oxygen atoms in total. The third-order valence-electron chi connectivity index (χ3n) is 5.42. The van der Waals surface area contributed by atoms with E-state index in [0.29, 0.717) is 30.2 Å². The summed E-state index contributed by atoms with van der Waals surface area (Å²) in [7, 11) is 4.77. The fourth-order valence-electron chi connectivity index (χ4n) is 3.63. The van der Waals surface area contributed by atoms with Gasteiger partial charge in [0.2, 0.25) is 5.75 Å². The maximum Gasteiger partial charge on any atom is 0.415 e. The van der Waals surface area contributed by atoms with Crippen molar-refractivity contribution in [2.45, 2.75) is 0 Å². The highest BCUT2D eigenvalue weighted by molar-refractivity contribution is 5.90. The molecule has 0 aliphatic carbocycles. The SMILES string of the molecule is COc1c(O)cc2oc(-c3ccc(OC(=O)N4CCN(C)CC4)cc3)cc(=O)c2c1OC. The lowest BCUT2D eigenvalue weighted by Crippen LogP contribution is -2.48. The Kier molecular flexibility index (Phi) is 5.91. The van der Waals surface area contributed by atoms with Crippen molar-refractivity contribution in [1.82, 2.24) is 9.80 Å². The standard InChI is InChI=1S/C23H24N2O7/c1-24-8-10-25(11-9-24)23(28)31-15-6-4-14(5-7-15)18-12-16(26)20-19(32-18)13-17(27)21(29-2)22(20)30-3/h4-7,12-13,27H,8-11H2,1-3H3. The second-order valence-electron chi connectivity index (χ2n) is 7.49. The number of hydrogen-bond acceptors (Lipinski definition) is 8. The number of likely N-dealkylation sites (N-methyl/N-ethyl adjacent to an activating group) is 1. The minimum atomic E-state index is -0.389. The van der Waals surface area contributed by atoms with Crippen LogP contribution in [0.25, 0.3) is 22.3 Å². The number of benzene rings is 2. The number of carbonyl (C=O) groups excluding carboxylic acids is 1. The summed E-state index contributed by atoms with van der Waals surface area (Å²) < 4.78 is 21.7. The fraction of sp³-hybridized carbons (Fsp3) is 0.304. The third-order valence-corrected chi connectivity index (χ3v) is 5.42. The van der Waals surface area contributed by atoms with E-state index in [-0.39, 0.29) is 39.7 Å². The summed E-state index contributed by atoms with van der Waals surface area (Å²) in [6.45, 7) is 2.86. The molecule has 4 rings (SSSR count). The molecule has 2 heterocycles. The van der Waals surface area contributed by atoms with Gasteiger partial charge in [-0.25, -0.2) is 4.79 Å². The van der Waals surface area contributed by atoms with Crippen LogP contribution in [0.5, 0.6) is 23.0 Å². The molecule has 1 aromatic heterocycles. The Hall–Kier alpha value is -3.72. The van der Waals surface area contributed by atoms with E-state index in [9.17, 15) is 14.7 Å². The van der Waals surface area contributed by atoms with Crippen LogP contribution in [0.1, 0.15) is 0 Å². The highest BCUT2D eigenvalue weighted by Gasteiger charge is 2.22. The first-order valence-electron chi connectivity index (χ1n) is 10.1. The lowest BCUT2D eigenvalue weighted by molar-refractivity contribution is 0.120. The molecule has 0 spiro atoms. The van der Waals surface area contributed by atoms with Crippen molar-refractivity contribution in [2.24, 2.45) is 0 Å². The van der Waals surface area contributed by atoms with Crippen LogP contribution in [0.3, 0.4) is 0 Å². The van der Waals surface area contributed by atoms with Crippen LogP contribution in [-0.4, -0.2) is 68.4 Å². The van der Waals surface area contributed by atoms with Gasteiger partial charge in [0, 0.05) is 43.9 Å². The number of fused-ring (bicyclic) bond motifs is 1. The molecule has 2 aromatic carbocycles. The van der Waals surface area contributed by atoms with Crippen molar-refractivity contribution in [3.63, 3.8) is 0 Å². The lowest BCUT2D eigenvalue weighted by Gasteiger charge is -2.31. The Bertz CT molecular complexity index is 1200. The van der Waals surface area contributed by atoms with Gasteiger partial charge in [-0.3, -0.25) is 4.79 Å². The van der Waals surface area contributed by atoms with Crippen LogP contribution >= 0.6 is 0 Å². The van der Waals surface area contributed by atoms with Gasteiger partial charge in [0.25, 0.3) is 0 Å². The molecule has 0 bridgehead atoms. The van der Waals surface area contributed by atoms with Gasteiger partial charge in [-0.05, 0) is 31.3 Å². The van der Waals surface area contributed by atoms with E-state index in [1.54, 1.807) is 29.2 Å². The normalized spacial score (nSPS) is 14.4. The van der Waals surface area contributed by atoms with E-state index in [2.05, 4.69) is 4.90 Å². The molecular formula is C23H24N2O7. The second kappa shape index (κ2) is 8.80. The van der Waals surface area contributed by atoms with E-state index in [1.807, 2.05) is 7.05 Å². The first kappa shape index (κ1) is 21.5. The highest BCUT2D eigenvalue weighted by atomic mass is 16.6. The Balaban J connectivity index is 1.59. The van der Waals surface area contributed by atoms with Crippen LogP contribution in [0.15, 0.2) is 45.6 Å². The number of hydrogen-bond donors (Lipinski definition) is 1. The summed E-state index contributed by atoms with van der Waals surface area (Å²) in [6.07, 6.45) is -0.389. The molecule has 1 aliphatic rings. The number of aromatic hydroxyl groups is 1. The van der Waals surface area contributed by atoms with Crippen molar-refractivity contribution < 1.29 is 28.5 Å². The number of carbonyl (C=O) groups is 1. The maximum atomic E-state index is 12.8. The average Bonchev–Trinajstić information content (AvgIpc) is 2.78. The Morgan fingerprint density at radius 3 is 2.28 bits per heavy atom. The lowest BCUT2D eigenvalue weighted by atomic mass is 10.1. The van der Waals surface area contributed by atoms with Gasteiger partial charge in [-0.1, -0.05) is 0 Å². The molecule has 1 N–H and O–H groups in total. The van der Waals surface area contributed by atoms with E-state index >= 15 is 0 Å². The average molecular weight is 440 g/mol. The van der Waals surface area contributed by atoms with Gasteiger partial charge in [0.1, 0.15) is 22.5 Å². The molecule has 1 fully saturated rings. The largest absolute Gasteiger partial charge is 0.504 e. The van der Waals surface area contributed by atoms with Gasteiger partial charge < -0.3 is 33.5 Å². The fourth-order valence-corrected chi connectivity index (χ4v) is 3.63. The molecule has 1 saturated heterocycles. The van der Waals surface area contributed by atoms with Gasteiger partial charge in [0.05, 0.1) is 14.2 Å². The Labute approximate surface area is 184 Å². The number of phenolic OH excluding ortho intramolecular Hbond substituents is 1. The predicted octanol–water partition coefficient (Wildman–Crippen LogP) is 2.93. The Morgan fingerprint density at radius 2 is 1.66 bits per heavy atom. The van der Waals surface area contributed by atoms with Crippen LogP contribution in [0, 0.1) is 0 Å². The molecule has 1 aliphatic heterocycles. The van der Waals surface area contributed by atoms with E-state index < -0.39 is 0 Å². The molecule has 0 atom stereocenters. The molecule has 168 valence electrons. The third kappa shape index (κ3) is 4.06. The van der Waals surface area contributed by atoms with E-state index in [1.165, 1.54) is 26.4 Å². The first-order valence-corrected chi connectivity index (χ1v) is 10.1. The molecular weight excluding hydrogens is 416 g/mol. The highest BCUT2D eigenvalue weighted by Crippen LogP contribution is 2.42. The zero-order valence-corrected chi connectivity index (χ0v) is 18.1. The van der Waals surface area contributed by atoms with Crippen molar-refractivity contribution in [2.75, 3.05) is 47.4 Å². The molecule has 0 unspecified atom stereocenters. The monoisotopic (exact) mass is 440 g/mol. The van der Waals surface area contributed by atoms with Crippen LogP contribution < -0.4 is 19.6 Å². The van der Waals surface area contributed by atoms with Crippen LogP contribution in [-0.2, 0) is 0 Å². The summed E-state index contributed by atoms with van der Waals surface area (Å²) in [5.41, 5.74) is 0.424. The van der Waals surface area contributed by atoms with Crippen molar-refractivity contribution in [1.29, 1.82) is 0 Å².